The molecule has 0 bridgehead atoms. The van der Waals surface area contributed by atoms with Crippen molar-refractivity contribution in [2.45, 2.75) is 63.8 Å². The Morgan fingerprint density at radius 3 is 2.76 bits per heavy atom. The number of carbonyl (C=O) groups is 1. The van der Waals surface area contributed by atoms with Gasteiger partial charge in [-0.3, -0.25) is 13.9 Å². The Kier molecular flexibility index (Phi) is 9.89. The molecule has 224 valence electrons. The molecule has 0 amide bonds. The summed E-state index contributed by atoms with van der Waals surface area (Å²) in [5.74, 6) is -0.478. The van der Waals surface area contributed by atoms with Gasteiger partial charge in [0.1, 0.15) is 6.61 Å². The maximum absolute atomic E-state index is 13.1. The van der Waals surface area contributed by atoms with E-state index in [4.69, 9.17) is 36.1 Å². The van der Waals surface area contributed by atoms with Gasteiger partial charge in [-0.25, -0.2) is 14.6 Å². The Bertz CT molecular complexity index is 1390. The summed E-state index contributed by atoms with van der Waals surface area (Å²) in [6.07, 6.45) is 0.792. The van der Waals surface area contributed by atoms with Crippen LogP contribution < -0.4 is 15.6 Å². The number of fused-ring (bicyclic) bond motifs is 1. The first-order chi connectivity index (χ1) is 19.4. The van der Waals surface area contributed by atoms with Gasteiger partial charge in [0.05, 0.1) is 42.5 Å². The molecule has 3 heterocycles. The molecule has 4 rings (SSSR count). The molecule has 0 spiro atoms. The van der Waals surface area contributed by atoms with Gasteiger partial charge >= 0.3 is 13.7 Å². The van der Waals surface area contributed by atoms with Gasteiger partial charge < -0.3 is 24.8 Å². The minimum atomic E-state index is -4.34. The second-order valence-electron chi connectivity index (χ2n) is 10.4. The number of esters is 1. The summed E-state index contributed by atoms with van der Waals surface area (Å²) in [5.41, 5.74) is 7.57. The van der Waals surface area contributed by atoms with E-state index in [1.165, 1.54) is 6.33 Å². The van der Waals surface area contributed by atoms with Crippen LogP contribution in [0.1, 0.15) is 45.9 Å². The summed E-state index contributed by atoms with van der Waals surface area (Å²) in [7, 11) is -4.34. The Labute approximate surface area is 243 Å². The molecule has 1 aliphatic heterocycles. The van der Waals surface area contributed by atoms with E-state index >= 15 is 0 Å². The van der Waals surface area contributed by atoms with E-state index in [1.54, 1.807) is 25.3 Å². The fourth-order valence-corrected chi connectivity index (χ4v) is 5.93. The number of alkyl halides is 1. The predicted molar refractivity (Wildman–Crippen MR) is 152 cm³/mol. The summed E-state index contributed by atoms with van der Waals surface area (Å²) in [4.78, 5) is 34.5. The van der Waals surface area contributed by atoms with Crippen molar-refractivity contribution in [3.8, 4) is 5.88 Å². The summed E-state index contributed by atoms with van der Waals surface area (Å²) < 4.78 is 37.2. The van der Waals surface area contributed by atoms with Crippen LogP contribution in [0.3, 0.4) is 0 Å². The lowest BCUT2D eigenvalue weighted by Crippen LogP contribution is -2.35. The zero-order chi connectivity index (χ0) is 29.8. The highest BCUT2D eigenvalue weighted by Crippen LogP contribution is 2.46. The highest BCUT2D eigenvalue weighted by Gasteiger charge is 2.46. The number of anilines is 1. The first-order valence-electron chi connectivity index (χ1n) is 13.3. The number of carbonyl (C=O) groups excluding carboxylic acids is 1. The minimum absolute atomic E-state index is 0.00767. The molecule has 15 heteroatoms. The van der Waals surface area contributed by atoms with Crippen LogP contribution in [-0.4, -0.2) is 67.2 Å². The van der Waals surface area contributed by atoms with Crippen molar-refractivity contribution < 1.29 is 33.0 Å². The fourth-order valence-electron chi connectivity index (χ4n) is 4.53. The number of imidazole rings is 1. The third kappa shape index (κ3) is 7.94. The Morgan fingerprint density at radius 2 is 2.07 bits per heavy atom. The molecule has 1 aromatic carbocycles. The maximum Gasteiger partial charge on any atom is 0.403 e. The van der Waals surface area contributed by atoms with Gasteiger partial charge in [0.2, 0.25) is 11.8 Å². The SMILES string of the molecule is CCOc1nc(N)nc2c1ncn2[C@@H]1O[C@H](COP(=O)(O)N[C@@H](COC(=O)C(C)C)Cc2ccccc2)C[C@@]1(C)Cl. The molecule has 1 saturated heterocycles. The number of nitrogens with one attached hydrogen (secondary N) is 1. The normalized spacial score (nSPS) is 23.0. The number of aromatic nitrogens is 4. The van der Waals surface area contributed by atoms with Gasteiger partial charge in [0, 0.05) is 0 Å². The molecule has 1 unspecified atom stereocenters. The minimum Gasteiger partial charge on any atom is -0.476 e. The number of halogens is 1. The van der Waals surface area contributed by atoms with Gasteiger partial charge in [0.25, 0.3) is 0 Å². The third-order valence-corrected chi connectivity index (χ3v) is 7.94. The summed E-state index contributed by atoms with van der Waals surface area (Å²) in [5, 5.41) is 2.63. The average Bonchev–Trinajstić information content (AvgIpc) is 3.45. The van der Waals surface area contributed by atoms with Crippen LogP contribution in [0, 0.1) is 5.92 Å². The summed E-state index contributed by atoms with van der Waals surface area (Å²) in [6.45, 7) is 7.07. The molecule has 5 atom stereocenters. The van der Waals surface area contributed by atoms with Crippen molar-refractivity contribution in [2.75, 3.05) is 25.6 Å². The van der Waals surface area contributed by atoms with Crippen LogP contribution in [0.25, 0.3) is 11.2 Å². The number of rotatable bonds is 13. The molecular weight excluding hydrogens is 575 g/mol. The average molecular weight is 611 g/mol. The number of hydrogen-bond acceptors (Lipinski definition) is 10. The van der Waals surface area contributed by atoms with E-state index in [2.05, 4.69) is 20.0 Å². The summed E-state index contributed by atoms with van der Waals surface area (Å²) >= 11 is 6.85. The van der Waals surface area contributed by atoms with E-state index in [1.807, 2.05) is 37.3 Å². The molecule has 1 fully saturated rings. The van der Waals surface area contributed by atoms with Gasteiger partial charge in [-0.05, 0) is 32.3 Å². The largest absolute Gasteiger partial charge is 0.476 e. The second-order valence-corrected chi connectivity index (χ2v) is 12.8. The molecule has 41 heavy (non-hydrogen) atoms. The topological polar surface area (TPSA) is 173 Å². The highest BCUT2D eigenvalue weighted by atomic mass is 35.5. The quantitative estimate of drug-likeness (QED) is 0.146. The fraction of sp³-hybridized carbons (Fsp3) is 0.538. The lowest BCUT2D eigenvalue weighted by Gasteiger charge is -2.24. The van der Waals surface area contributed by atoms with E-state index in [0.29, 0.717) is 30.6 Å². The Hall–Kier alpha value is -2.80. The van der Waals surface area contributed by atoms with Gasteiger partial charge in [0.15, 0.2) is 17.4 Å². The van der Waals surface area contributed by atoms with Crippen LogP contribution in [0.15, 0.2) is 36.7 Å². The Balaban J connectivity index is 1.43. The van der Waals surface area contributed by atoms with E-state index < -0.39 is 37.0 Å². The second kappa shape index (κ2) is 13.0. The number of nitrogen functional groups attached to an aromatic ring is 1. The molecular formula is C26H36ClN6O7P. The molecule has 2 aromatic heterocycles. The van der Waals surface area contributed by atoms with Crippen molar-refractivity contribution in [2.24, 2.45) is 5.92 Å². The van der Waals surface area contributed by atoms with E-state index in [9.17, 15) is 14.3 Å². The number of ether oxygens (including phenoxy) is 3. The van der Waals surface area contributed by atoms with Crippen molar-refractivity contribution >= 4 is 42.4 Å². The first-order valence-corrected chi connectivity index (χ1v) is 15.3. The Morgan fingerprint density at radius 1 is 1.34 bits per heavy atom. The first kappa shape index (κ1) is 31.1. The monoisotopic (exact) mass is 610 g/mol. The molecule has 0 saturated carbocycles. The lowest BCUT2D eigenvalue weighted by atomic mass is 10.1. The van der Waals surface area contributed by atoms with Gasteiger partial charge in [-0.2, -0.15) is 9.97 Å². The molecule has 0 radical (unpaired) electrons. The van der Waals surface area contributed by atoms with Crippen LogP contribution in [0.5, 0.6) is 5.88 Å². The number of nitrogens with zero attached hydrogens (tertiary/aromatic N) is 4. The van der Waals surface area contributed by atoms with Crippen LogP contribution >= 0.6 is 19.3 Å². The molecule has 4 N–H and O–H groups in total. The van der Waals surface area contributed by atoms with Crippen molar-refractivity contribution in [3.63, 3.8) is 0 Å². The lowest BCUT2D eigenvalue weighted by molar-refractivity contribution is -0.148. The predicted octanol–water partition coefficient (Wildman–Crippen LogP) is 3.61. The summed E-state index contributed by atoms with van der Waals surface area (Å²) in [6, 6.07) is 8.68. The zero-order valence-corrected chi connectivity index (χ0v) is 25.0. The highest BCUT2D eigenvalue weighted by molar-refractivity contribution is 7.50. The van der Waals surface area contributed by atoms with Crippen molar-refractivity contribution in [3.05, 3.63) is 42.2 Å². The number of nitrogens with two attached hydrogens (primary N) is 1. The standard InChI is InChI=1S/C26H36ClN6O7P/c1-5-37-22-20-21(30-25(28)31-22)33(15-29-20)24-26(4,27)12-19(40-24)14-39-41(35,36)32-18(13-38-23(34)16(2)3)11-17-9-7-6-8-10-17/h6-10,15-16,18-19,24H,5,11-14H2,1-4H3,(H2,28,30,31)(H2,32,35,36)/t18-,19+,24-,26-/m1/s1. The smallest absolute Gasteiger partial charge is 0.403 e. The third-order valence-electron chi connectivity index (χ3n) is 6.41. The molecule has 1 aliphatic rings. The van der Waals surface area contributed by atoms with Gasteiger partial charge in [-0.15, -0.1) is 11.6 Å². The van der Waals surface area contributed by atoms with Crippen molar-refractivity contribution in [1.82, 2.24) is 24.6 Å². The number of benzene rings is 1. The zero-order valence-electron chi connectivity index (χ0n) is 23.4. The molecule has 3 aromatic rings. The van der Waals surface area contributed by atoms with Crippen molar-refractivity contribution in [1.29, 1.82) is 0 Å². The van der Waals surface area contributed by atoms with Crippen LogP contribution in [-0.2, 0) is 29.8 Å². The van der Waals surface area contributed by atoms with Crippen LogP contribution in [0.2, 0.25) is 0 Å². The van der Waals surface area contributed by atoms with E-state index in [0.717, 1.165) is 5.56 Å². The molecule has 0 aliphatic carbocycles. The van der Waals surface area contributed by atoms with E-state index in [-0.39, 0.29) is 31.0 Å². The van der Waals surface area contributed by atoms with Gasteiger partial charge in [-0.1, -0.05) is 44.2 Å². The van der Waals surface area contributed by atoms with Crippen LogP contribution in [0.4, 0.5) is 5.95 Å². The maximum atomic E-state index is 13.1. The number of hydrogen-bond donors (Lipinski definition) is 3. The molecule has 13 nitrogen and oxygen atoms in total.